The van der Waals surface area contributed by atoms with Crippen LogP contribution >= 0.6 is 0 Å². The highest BCUT2D eigenvalue weighted by atomic mass is 32.2. The summed E-state index contributed by atoms with van der Waals surface area (Å²) in [5, 5.41) is 8.09. The van der Waals surface area contributed by atoms with Crippen LogP contribution in [0.4, 0.5) is 11.4 Å². The zero-order valence-corrected chi connectivity index (χ0v) is 20.3. The number of ether oxygens (including phenoxy) is 1. The summed E-state index contributed by atoms with van der Waals surface area (Å²) in [7, 11) is -3.18. The summed E-state index contributed by atoms with van der Waals surface area (Å²) in [6, 6.07) is 13.8. The van der Waals surface area contributed by atoms with Gasteiger partial charge in [-0.2, -0.15) is 0 Å². The third-order valence-electron chi connectivity index (χ3n) is 6.52. The first-order valence-corrected chi connectivity index (χ1v) is 13.3. The van der Waals surface area contributed by atoms with Gasteiger partial charge in [-0.1, -0.05) is 18.7 Å². The monoisotopic (exact) mass is 467 g/mol. The molecule has 6 nitrogen and oxygen atoms in total. The van der Waals surface area contributed by atoms with Gasteiger partial charge in [0, 0.05) is 42.7 Å². The van der Waals surface area contributed by atoms with E-state index in [9.17, 15) is 8.42 Å². The molecule has 0 amide bonds. The van der Waals surface area contributed by atoms with Crippen molar-refractivity contribution in [3.8, 4) is 5.75 Å². The van der Waals surface area contributed by atoms with E-state index in [0.717, 1.165) is 47.6 Å². The fourth-order valence-electron chi connectivity index (χ4n) is 4.27. The Morgan fingerprint density at radius 2 is 1.91 bits per heavy atom. The van der Waals surface area contributed by atoms with E-state index in [1.54, 1.807) is 6.92 Å². The van der Waals surface area contributed by atoms with Gasteiger partial charge >= 0.3 is 0 Å². The molecule has 0 radical (unpaired) electrons. The molecule has 0 unspecified atom stereocenters. The van der Waals surface area contributed by atoms with E-state index >= 15 is 0 Å². The summed E-state index contributed by atoms with van der Waals surface area (Å²) in [6.45, 7) is 9.98. The second-order valence-corrected chi connectivity index (χ2v) is 10.9. The summed E-state index contributed by atoms with van der Waals surface area (Å²) in [4.78, 5) is 2.25. The normalized spacial score (nSPS) is 17.5. The molecule has 2 aromatic carbocycles. The largest absolute Gasteiger partial charge is 0.490 e. The molecule has 1 saturated heterocycles. The summed E-state index contributed by atoms with van der Waals surface area (Å²) >= 11 is 0. The van der Waals surface area contributed by atoms with E-state index in [1.165, 1.54) is 10.7 Å². The first kappa shape index (κ1) is 23.4. The van der Waals surface area contributed by atoms with E-state index in [0.29, 0.717) is 36.9 Å². The molecule has 176 valence electrons. The maximum absolute atomic E-state index is 12.2. The van der Waals surface area contributed by atoms with Gasteiger partial charge in [-0.05, 0) is 74.9 Å². The summed E-state index contributed by atoms with van der Waals surface area (Å²) in [6.07, 6.45) is 4.38. The van der Waals surface area contributed by atoms with Crippen LogP contribution < -0.4 is 13.9 Å². The highest BCUT2D eigenvalue weighted by Crippen LogP contribution is 2.34. The molecule has 1 aliphatic heterocycles. The van der Waals surface area contributed by atoms with Gasteiger partial charge in [-0.15, -0.1) is 0 Å². The van der Waals surface area contributed by atoms with Crippen LogP contribution in [0.5, 0.6) is 5.75 Å². The summed E-state index contributed by atoms with van der Waals surface area (Å²) < 4.78 is 32.1. The van der Waals surface area contributed by atoms with Crippen molar-refractivity contribution in [1.29, 1.82) is 5.41 Å². The maximum Gasteiger partial charge on any atom is 0.235 e. The number of hydrogen-bond acceptors (Lipinski definition) is 5. The lowest BCUT2D eigenvalue weighted by atomic mass is 9.96. The van der Waals surface area contributed by atoms with Gasteiger partial charge in [0.2, 0.25) is 10.0 Å². The number of nitrogens with zero attached hydrogens (tertiary/aromatic N) is 2. The van der Waals surface area contributed by atoms with Crippen molar-refractivity contribution in [3.63, 3.8) is 0 Å². The van der Waals surface area contributed by atoms with Crippen molar-refractivity contribution in [2.24, 2.45) is 0 Å². The number of nitrogens with one attached hydrogen (secondary N) is 1. The second kappa shape index (κ2) is 9.59. The quantitative estimate of drug-likeness (QED) is 0.512. The van der Waals surface area contributed by atoms with Gasteiger partial charge < -0.3 is 15.0 Å². The highest BCUT2D eigenvalue weighted by molar-refractivity contribution is 7.93. The molecule has 2 fully saturated rings. The van der Waals surface area contributed by atoms with E-state index in [-0.39, 0.29) is 5.75 Å². The predicted octanol–water partition coefficient (Wildman–Crippen LogP) is 5.24. The molecular formula is C26H33N3O3S. The molecule has 1 aliphatic carbocycles. The number of benzene rings is 2. The van der Waals surface area contributed by atoms with Gasteiger partial charge in [-0.25, -0.2) is 8.42 Å². The Hall–Kier alpha value is -2.80. The third kappa shape index (κ3) is 5.08. The van der Waals surface area contributed by atoms with Crippen molar-refractivity contribution in [1.82, 2.24) is 0 Å². The van der Waals surface area contributed by atoms with Crippen LogP contribution in [-0.2, 0) is 16.6 Å². The van der Waals surface area contributed by atoms with Crippen LogP contribution in [-0.4, -0.2) is 39.1 Å². The predicted molar refractivity (Wildman–Crippen MR) is 136 cm³/mol. The minimum atomic E-state index is -3.18. The Balaban J connectivity index is 1.59. The van der Waals surface area contributed by atoms with Crippen LogP contribution in [0, 0.1) is 5.41 Å². The van der Waals surface area contributed by atoms with E-state index in [1.807, 2.05) is 36.4 Å². The molecule has 7 heteroatoms. The fraction of sp³-hybridized carbons (Fsp3) is 0.423. The Labute approximate surface area is 197 Å². The van der Waals surface area contributed by atoms with E-state index < -0.39 is 10.0 Å². The topological polar surface area (TPSA) is 73.7 Å². The lowest BCUT2D eigenvalue weighted by Crippen LogP contribution is -2.26. The van der Waals surface area contributed by atoms with Crippen LogP contribution in [0.15, 0.2) is 49.0 Å². The minimum absolute atomic E-state index is 0.219. The first-order valence-electron chi connectivity index (χ1n) is 11.7. The number of rotatable bonds is 9. The number of sulfonamides is 1. The van der Waals surface area contributed by atoms with Gasteiger partial charge in [0.25, 0.3) is 0 Å². The molecule has 0 aromatic heterocycles. The van der Waals surface area contributed by atoms with Crippen LogP contribution in [0.2, 0.25) is 0 Å². The number of allylic oxidation sites excluding steroid dienone is 1. The zero-order chi connectivity index (χ0) is 23.6. The fourth-order valence-corrected chi connectivity index (χ4v) is 5.83. The average Bonchev–Trinajstić information content (AvgIpc) is 3.13. The molecule has 1 heterocycles. The molecule has 1 N–H and O–H groups in total. The summed E-state index contributed by atoms with van der Waals surface area (Å²) in [5.74, 6) is 1.07. The Morgan fingerprint density at radius 3 is 2.45 bits per heavy atom. The molecule has 0 spiro atoms. The minimum Gasteiger partial charge on any atom is -0.490 e. The van der Waals surface area contributed by atoms with Gasteiger partial charge in [0.1, 0.15) is 5.75 Å². The Morgan fingerprint density at radius 1 is 1.18 bits per heavy atom. The molecule has 1 saturated carbocycles. The van der Waals surface area contributed by atoms with Crippen LogP contribution in [0.1, 0.15) is 50.7 Å². The standard InChI is InChI=1S/C26H33N3O3S/c1-4-28(18-21-9-11-22(12-10-21)29-15-6-16-33(29,30)31)26-17-24(32-23-7-5-8-23)13-14-25(26)19(2)20(3)27/h9-14,17,23,27H,2,4-8,15-16,18H2,1,3H3. The molecule has 0 atom stereocenters. The molecule has 2 aliphatic rings. The third-order valence-corrected chi connectivity index (χ3v) is 8.39. The van der Waals surface area contributed by atoms with Crippen molar-refractivity contribution in [2.45, 2.75) is 52.2 Å². The average molecular weight is 468 g/mol. The van der Waals surface area contributed by atoms with E-state index in [2.05, 4.69) is 24.5 Å². The lowest BCUT2D eigenvalue weighted by molar-refractivity contribution is 0.120. The lowest BCUT2D eigenvalue weighted by Gasteiger charge is -2.30. The van der Waals surface area contributed by atoms with Gasteiger partial charge in [-0.3, -0.25) is 4.31 Å². The molecule has 2 aromatic rings. The zero-order valence-electron chi connectivity index (χ0n) is 19.5. The molecule has 0 bridgehead atoms. The van der Waals surface area contributed by atoms with Crippen molar-refractivity contribution >= 4 is 32.7 Å². The Bertz CT molecular complexity index is 1140. The van der Waals surface area contributed by atoms with Crippen LogP contribution in [0.25, 0.3) is 5.57 Å². The van der Waals surface area contributed by atoms with Crippen molar-refractivity contribution in [2.75, 3.05) is 28.0 Å². The highest BCUT2D eigenvalue weighted by Gasteiger charge is 2.28. The number of hydrogen-bond donors (Lipinski definition) is 1. The molecule has 4 rings (SSSR count). The van der Waals surface area contributed by atoms with Crippen molar-refractivity contribution in [3.05, 3.63) is 60.2 Å². The first-order chi connectivity index (χ1) is 15.8. The van der Waals surface area contributed by atoms with Crippen molar-refractivity contribution < 1.29 is 13.2 Å². The SMILES string of the molecule is C=C(C(C)=N)c1ccc(OC2CCC2)cc1N(CC)Cc1ccc(N2CCCS2(=O)=O)cc1. The second-order valence-electron chi connectivity index (χ2n) is 8.88. The number of anilines is 2. The summed E-state index contributed by atoms with van der Waals surface area (Å²) in [5.41, 5.74) is 4.89. The molecular weight excluding hydrogens is 434 g/mol. The van der Waals surface area contributed by atoms with Gasteiger partial charge in [0.05, 0.1) is 17.5 Å². The van der Waals surface area contributed by atoms with Crippen LogP contribution in [0.3, 0.4) is 0 Å². The van der Waals surface area contributed by atoms with E-state index in [4.69, 9.17) is 10.1 Å². The van der Waals surface area contributed by atoms with Gasteiger partial charge in [0.15, 0.2) is 0 Å². The molecule has 33 heavy (non-hydrogen) atoms. The maximum atomic E-state index is 12.2. The Kier molecular flexibility index (Phi) is 6.79. The smallest absolute Gasteiger partial charge is 0.235 e.